The number of carbonyl (C=O) groups is 1. The Bertz CT molecular complexity index is 533. The molecule has 0 fully saturated rings. The molecule has 0 aliphatic heterocycles. The molecule has 1 aromatic rings. The molecule has 0 bridgehead atoms. The van der Waals surface area contributed by atoms with E-state index >= 15 is 0 Å². The Morgan fingerprint density at radius 1 is 1.43 bits per heavy atom. The maximum Gasteiger partial charge on any atom is 0.271 e. The van der Waals surface area contributed by atoms with Crippen LogP contribution in [0.25, 0.3) is 0 Å². The van der Waals surface area contributed by atoms with E-state index in [1.165, 1.54) is 30.0 Å². The van der Waals surface area contributed by atoms with E-state index in [0.717, 1.165) is 13.1 Å². The number of non-ortho nitro benzene ring substituents is 1. The molecule has 21 heavy (non-hydrogen) atoms. The summed E-state index contributed by atoms with van der Waals surface area (Å²) in [6.07, 6.45) is 0. The molecule has 1 rings (SSSR count). The number of thioether (sulfide) groups is 1. The fraction of sp³-hybridized carbons (Fsp3) is 0.385. The first kappa shape index (κ1) is 17.4. The highest BCUT2D eigenvalue weighted by Crippen LogP contribution is 2.17. The first-order chi connectivity index (χ1) is 9.97. The van der Waals surface area contributed by atoms with Crippen molar-refractivity contribution in [2.75, 3.05) is 24.2 Å². The third-order valence-electron chi connectivity index (χ3n) is 2.69. The van der Waals surface area contributed by atoms with E-state index < -0.39 is 4.92 Å². The van der Waals surface area contributed by atoms with Crippen LogP contribution in [0.2, 0.25) is 0 Å². The molecule has 0 saturated heterocycles. The van der Waals surface area contributed by atoms with E-state index in [0.29, 0.717) is 10.0 Å². The lowest BCUT2D eigenvalue weighted by molar-refractivity contribution is -0.384. The van der Waals surface area contributed by atoms with Crippen molar-refractivity contribution in [2.45, 2.75) is 13.8 Å². The second-order valence-electron chi connectivity index (χ2n) is 4.08. The molecule has 6 nitrogen and oxygen atoms in total. The summed E-state index contributed by atoms with van der Waals surface area (Å²) in [6.45, 7) is 5.60. The van der Waals surface area contributed by atoms with Crippen molar-refractivity contribution in [1.29, 1.82) is 0 Å². The third-order valence-corrected chi connectivity index (χ3v) is 4.21. The number of rotatable bonds is 6. The highest BCUT2D eigenvalue weighted by Gasteiger charge is 2.11. The molecule has 0 heterocycles. The van der Waals surface area contributed by atoms with Gasteiger partial charge >= 0.3 is 0 Å². The predicted molar refractivity (Wildman–Crippen MR) is 89.7 cm³/mol. The Balaban J connectivity index is 2.52. The number of hydrogen-bond donors (Lipinski definition) is 1. The van der Waals surface area contributed by atoms with Crippen molar-refractivity contribution >= 4 is 45.6 Å². The van der Waals surface area contributed by atoms with Gasteiger partial charge in [0.25, 0.3) is 5.69 Å². The van der Waals surface area contributed by atoms with Gasteiger partial charge in [-0.25, -0.2) is 0 Å². The highest BCUT2D eigenvalue weighted by atomic mass is 32.2. The standard InChI is InChI=1S/C13H17N3O3S2/c1-3-15(4-2)13(20)21-9-12(17)14-10-6-5-7-11(8-10)16(18)19/h5-8H,3-4,9H2,1-2H3,(H,14,17). The van der Waals surface area contributed by atoms with Gasteiger partial charge in [0.15, 0.2) is 0 Å². The van der Waals surface area contributed by atoms with Gasteiger partial charge in [0, 0.05) is 30.9 Å². The van der Waals surface area contributed by atoms with Crippen molar-refractivity contribution in [2.24, 2.45) is 0 Å². The van der Waals surface area contributed by atoms with Crippen LogP contribution >= 0.6 is 24.0 Å². The molecule has 0 atom stereocenters. The molecule has 114 valence electrons. The SMILES string of the molecule is CCN(CC)C(=S)SCC(=O)Nc1cccc([N+](=O)[O-])c1. The van der Waals surface area contributed by atoms with E-state index in [-0.39, 0.29) is 17.3 Å². The molecule has 1 N–H and O–H groups in total. The van der Waals surface area contributed by atoms with Crippen molar-refractivity contribution in [1.82, 2.24) is 4.90 Å². The minimum absolute atomic E-state index is 0.0564. The Labute approximate surface area is 133 Å². The molecule has 8 heteroatoms. The van der Waals surface area contributed by atoms with Gasteiger partial charge in [-0.2, -0.15) is 0 Å². The summed E-state index contributed by atoms with van der Waals surface area (Å²) < 4.78 is 0.675. The summed E-state index contributed by atoms with van der Waals surface area (Å²) in [5.41, 5.74) is 0.350. The second-order valence-corrected chi connectivity index (χ2v) is 5.69. The van der Waals surface area contributed by atoms with E-state index in [4.69, 9.17) is 12.2 Å². The number of benzene rings is 1. The number of nitro benzene ring substituents is 1. The van der Waals surface area contributed by atoms with Gasteiger partial charge in [-0.15, -0.1) is 0 Å². The lowest BCUT2D eigenvalue weighted by Gasteiger charge is -2.20. The Hall–Kier alpha value is -1.67. The summed E-state index contributed by atoms with van der Waals surface area (Å²) >= 11 is 6.51. The fourth-order valence-corrected chi connectivity index (χ4v) is 2.80. The van der Waals surface area contributed by atoms with Crippen LogP contribution in [0.4, 0.5) is 11.4 Å². The summed E-state index contributed by atoms with van der Waals surface area (Å²) in [6, 6.07) is 5.84. The number of thiocarbonyl (C=S) groups is 1. The van der Waals surface area contributed by atoms with Gasteiger partial charge in [-0.05, 0) is 19.9 Å². The van der Waals surface area contributed by atoms with Crippen molar-refractivity contribution in [3.05, 3.63) is 34.4 Å². The maximum atomic E-state index is 11.8. The Morgan fingerprint density at radius 2 is 2.10 bits per heavy atom. The third kappa shape index (κ3) is 5.68. The molecule has 0 aliphatic carbocycles. The Kier molecular flexibility index (Phi) is 7.10. The summed E-state index contributed by atoms with van der Waals surface area (Å²) in [4.78, 5) is 24.0. The predicted octanol–water partition coefficient (Wildman–Crippen LogP) is 2.89. The molecule has 0 spiro atoms. The second kappa shape index (κ2) is 8.58. The normalized spacial score (nSPS) is 10.0. The number of carbonyl (C=O) groups excluding carboxylic acids is 1. The number of nitrogens with one attached hydrogen (secondary N) is 1. The molecular formula is C13H17N3O3S2. The number of hydrogen-bond acceptors (Lipinski definition) is 5. The maximum absolute atomic E-state index is 11.8. The molecule has 0 saturated carbocycles. The average Bonchev–Trinajstić information content (AvgIpc) is 2.46. The minimum atomic E-state index is -0.500. The first-order valence-corrected chi connectivity index (χ1v) is 7.83. The van der Waals surface area contributed by atoms with Crippen LogP contribution in [0, 0.1) is 10.1 Å². The van der Waals surface area contributed by atoms with Crippen LogP contribution < -0.4 is 5.32 Å². The van der Waals surface area contributed by atoms with E-state index in [9.17, 15) is 14.9 Å². The van der Waals surface area contributed by atoms with E-state index in [1.807, 2.05) is 18.7 Å². The van der Waals surface area contributed by atoms with Crippen LogP contribution in [0.5, 0.6) is 0 Å². The van der Waals surface area contributed by atoms with Gasteiger partial charge in [0.2, 0.25) is 5.91 Å². The lowest BCUT2D eigenvalue weighted by Crippen LogP contribution is -2.28. The molecule has 1 amide bonds. The van der Waals surface area contributed by atoms with Crippen molar-refractivity contribution in [3.63, 3.8) is 0 Å². The molecule has 0 unspecified atom stereocenters. The molecule has 0 aliphatic rings. The lowest BCUT2D eigenvalue weighted by atomic mass is 10.3. The molecule has 1 aromatic carbocycles. The largest absolute Gasteiger partial charge is 0.358 e. The number of anilines is 1. The van der Waals surface area contributed by atoms with Crippen LogP contribution in [0.15, 0.2) is 24.3 Å². The molecule has 0 radical (unpaired) electrons. The molecule has 0 aromatic heterocycles. The van der Waals surface area contributed by atoms with Gasteiger partial charge in [0.1, 0.15) is 4.32 Å². The quantitative estimate of drug-likeness (QED) is 0.492. The summed E-state index contributed by atoms with van der Waals surface area (Å²) in [7, 11) is 0. The summed E-state index contributed by atoms with van der Waals surface area (Å²) in [5, 5.41) is 13.3. The van der Waals surface area contributed by atoms with Crippen LogP contribution in [0.1, 0.15) is 13.8 Å². The highest BCUT2D eigenvalue weighted by molar-refractivity contribution is 8.23. The fourth-order valence-electron chi connectivity index (χ4n) is 1.59. The first-order valence-electron chi connectivity index (χ1n) is 6.43. The zero-order valence-corrected chi connectivity index (χ0v) is 13.5. The van der Waals surface area contributed by atoms with E-state index in [1.54, 1.807) is 6.07 Å². The van der Waals surface area contributed by atoms with Crippen LogP contribution in [0.3, 0.4) is 0 Å². The van der Waals surface area contributed by atoms with E-state index in [2.05, 4.69) is 5.32 Å². The molecular weight excluding hydrogens is 310 g/mol. The zero-order chi connectivity index (χ0) is 15.8. The Morgan fingerprint density at radius 3 is 2.67 bits per heavy atom. The number of amides is 1. The van der Waals surface area contributed by atoms with Gasteiger partial charge in [0.05, 0.1) is 10.7 Å². The van der Waals surface area contributed by atoms with Crippen LogP contribution in [-0.2, 0) is 4.79 Å². The van der Waals surface area contributed by atoms with Crippen molar-refractivity contribution < 1.29 is 9.72 Å². The number of nitro groups is 1. The smallest absolute Gasteiger partial charge is 0.271 e. The van der Waals surface area contributed by atoms with Crippen molar-refractivity contribution in [3.8, 4) is 0 Å². The summed E-state index contributed by atoms with van der Waals surface area (Å²) in [5.74, 6) is -0.0621. The van der Waals surface area contributed by atoms with Gasteiger partial charge in [-0.3, -0.25) is 14.9 Å². The van der Waals surface area contributed by atoms with Crippen LogP contribution in [-0.4, -0.2) is 38.9 Å². The minimum Gasteiger partial charge on any atom is -0.358 e. The average molecular weight is 327 g/mol. The zero-order valence-electron chi connectivity index (χ0n) is 11.9. The topological polar surface area (TPSA) is 75.5 Å². The number of nitrogens with zero attached hydrogens (tertiary/aromatic N) is 2. The monoisotopic (exact) mass is 327 g/mol. The van der Waals surface area contributed by atoms with Gasteiger partial charge in [-0.1, -0.05) is 30.0 Å². The van der Waals surface area contributed by atoms with Gasteiger partial charge < -0.3 is 10.2 Å².